The SMILES string of the molecule is Cc1c(C(=O)N(CCC#N)CCC#N)oc2ccccc12. The van der Waals surface area contributed by atoms with E-state index in [1.807, 2.05) is 43.3 Å². The maximum absolute atomic E-state index is 12.6. The van der Waals surface area contributed by atoms with Crippen molar-refractivity contribution in [3.8, 4) is 12.1 Å². The van der Waals surface area contributed by atoms with E-state index in [1.165, 1.54) is 4.90 Å². The first-order chi connectivity index (χ1) is 10.2. The van der Waals surface area contributed by atoms with Crippen LogP contribution in [0.15, 0.2) is 28.7 Å². The number of aryl methyl sites for hydroxylation is 1. The van der Waals surface area contributed by atoms with Crippen molar-refractivity contribution in [2.24, 2.45) is 0 Å². The Morgan fingerprint density at radius 2 is 1.81 bits per heavy atom. The summed E-state index contributed by atoms with van der Waals surface area (Å²) in [5.41, 5.74) is 1.45. The topological polar surface area (TPSA) is 81.0 Å². The third kappa shape index (κ3) is 3.04. The predicted molar refractivity (Wildman–Crippen MR) is 77.3 cm³/mol. The average molecular weight is 281 g/mol. The lowest BCUT2D eigenvalue weighted by atomic mass is 10.1. The van der Waals surface area contributed by atoms with Crippen LogP contribution in [-0.2, 0) is 0 Å². The van der Waals surface area contributed by atoms with Crippen molar-refractivity contribution in [2.45, 2.75) is 19.8 Å². The van der Waals surface area contributed by atoms with Gasteiger partial charge in [-0.1, -0.05) is 18.2 Å². The number of fused-ring (bicyclic) bond motifs is 1. The molecule has 0 atom stereocenters. The molecular weight excluding hydrogens is 266 g/mol. The summed E-state index contributed by atoms with van der Waals surface area (Å²) in [5.74, 6) is 0.0151. The van der Waals surface area contributed by atoms with Crippen LogP contribution < -0.4 is 0 Å². The van der Waals surface area contributed by atoms with Gasteiger partial charge >= 0.3 is 0 Å². The maximum Gasteiger partial charge on any atom is 0.289 e. The zero-order valence-corrected chi connectivity index (χ0v) is 11.8. The molecule has 0 unspecified atom stereocenters. The van der Waals surface area contributed by atoms with Crippen molar-refractivity contribution in [3.63, 3.8) is 0 Å². The standard InChI is InChI=1S/C16H15N3O2/c1-12-13-6-2-3-7-14(13)21-15(12)16(20)19(10-4-8-17)11-5-9-18/h2-3,6-7H,4-5,10-11H2,1H3. The molecule has 5 heteroatoms. The fraction of sp³-hybridized carbons (Fsp3) is 0.312. The number of para-hydroxylation sites is 1. The van der Waals surface area contributed by atoms with Crippen LogP contribution in [0.25, 0.3) is 11.0 Å². The van der Waals surface area contributed by atoms with Gasteiger partial charge < -0.3 is 9.32 Å². The summed E-state index contributed by atoms with van der Waals surface area (Å²) in [7, 11) is 0. The summed E-state index contributed by atoms with van der Waals surface area (Å²) in [6.07, 6.45) is 0.465. The molecule has 0 aliphatic rings. The fourth-order valence-corrected chi connectivity index (χ4v) is 2.21. The summed E-state index contributed by atoms with van der Waals surface area (Å²) in [6.45, 7) is 2.44. The van der Waals surface area contributed by atoms with Crippen LogP contribution in [0.5, 0.6) is 0 Å². The van der Waals surface area contributed by atoms with Gasteiger partial charge in [0.05, 0.1) is 25.0 Å². The molecule has 5 nitrogen and oxygen atoms in total. The second kappa shape index (κ2) is 6.58. The zero-order valence-electron chi connectivity index (χ0n) is 11.8. The molecule has 21 heavy (non-hydrogen) atoms. The highest BCUT2D eigenvalue weighted by molar-refractivity contribution is 5.98. The number of benzene rings is 1. The molecule has 0 spiro atoms. The largest absolute Gasteiger partial charge is 0.451 e. The Kier molecular flexibility index (Phi) is 4.58. The van der Waals surface area contributed by atoms with Crippen LogP contribution in [-0.4, -0.2) is 23.9 Å². The first-order valence-corrected chi connectivity index (χ1v) is 6.70. The van der Waals surface area contributed by atoms with E-state index in [4.69, 9.17) is 14.9 Å². The second-order valence-electron chi connectivity index (χ2n) is 4.66. The minimum absolute atomic E-state index is 0.233. The number of furan rings is 1. The van der Waals surface area contributed by atoms with E-state index in [1.54, 1.807) is 0 Å². The van der Waals surface area contributed by atoms with Gasteiger partial charge in [0.2, 0.25) is 0 Å². The van der Waals surface area contributed by atoms with Crippen LogP contribution in [0, 0.1) is 29.6 Å². The molecule has 0 saturated heterocycles. The van der Waals surface area contributed by atoms with Crippen LogP contribution in [0.3, 0.4) is 0 Å². The highest BCUT2D eigenvalue weighted by Gasteiger charge is 2.22. The van der Waals surface area contributed by atoms with Crippen molar-refractivity contribution in [3.05, 3.63) is 35.6 Å². The number of carbonyl (C=O) groups is 1. The van der Waals surface area contributed by atoms with Gasteiger partial charge in [-0.05, 0) is 13.0 Å². The number of carbonyl (C=O) groups excluding carboxylic acids is 1. The number of amides is 1. The van der Waals surface area contributed by atoms with E-state index in [-0.39, 0.29) is 24.5 Å². The molecule has 0 radical (unpaired) electrons. The van der Waals surface area contributed by atoms with Crippen molar-refractivity contribution >= 4 is 16.9 Å². The van der Waals surface area contributed by atoms with E-state index in [0.29, 0.717) is 18.7 Å². The van der Waals surface area contributed by atoms with Gasteiger partial charge in [-0.15, -0.1) is 0 Å². The third-order valence-electron chi connectivity index (χ3n) is 3.31. The molecule has 0 bridgehead atoms. The minimum atomic E-state index is -0.269. The summed E-state index contributed by atoms with van der Waals surface area (Å²) in [4.78, 5) is 14.1. The number of hydrogen-bond acceptors (Lipinski definition) is 4. The van der Waals surface area contributed by atoms with Gasteiger partial charge in [0.15, 0.2) is 5.76 Å². The highest BCUT2D eigenvalue weighted by atomic mass is 16.3. The smallest absolute Gasteiger partial charge is 0.289 e. The Bertz CT molecular complexity index is 716. The molecule has 0 fully saturated rings. The Labute approximate surface area is 123 Å². The van der Waals surface area contributed by atoms with E-state index < -0.39 is 0 Å². The molecule has 2 aromatic rings. The zero-order chi connectivity index (χ0) is 15.2. The van der Waals surface area contributed by atoms with Gasteiger partial charge in [0.1, 0.15) is 5.58 Å². The van der Waals surface area contributed by atoms with Crippen molar-refractivity contribution in [2.75, 3.05) is 13.1 Å². The summed E-state index contributed by atoms with van der Waals surface area (Å²) in [5, 5.41) is 18.3. The third-order valence-corrected chi connectivity index (χ3v) is 3.31. The fourth-order valence-electron chi connectivity index (χ4n) is 2.21. The predicted octanol–water partition coefficient (Wildman–Crippen LogP) is 3.01. The van der Waals surface area contributed by atoms with Gasteiger partial charge in [0.25, 0.3) is 5.91 Å². The maximum atomic E-state index is 12.6. The number of rotatable bonds is 5. The summed E-state index contributed by atoms with van der Waals surface area (Å²) >= 11 is 0. The molecule has 0 N–H and O–H groups in total. The normalized spacial score (nSPS) is 10.0. The molecule has 0 saturated carbocycles. The lowest BCUT2D eigenvalue weighted by Crippen LogP contribution is -2.32. The molecule has 1 heterocycles. The van der Waals surface area contributed by atoms with Gasteiger partial charge in [-0.2, -0.15) is 10.5 Å². The van der Waals surface area contributed by atoms with Gasteiger partial charge in [-0.25, -0.2) is 0 Å². The quantitative estimate of drug-likeness (QED) is 0.843. The molecular formula is C16H15N3O2. The van der Waals surface area contributed by atoms with Crippen LogP contribution in [0.2, 0.25) is 0 Å². The number of hydrogen-bond donors (Lipinski definition) is 0. The van der Waals surface area contributed by atoms with E-state index in [0.717, 1.165) is 10.9 Å². The molecule has 1 aromatic heterocycles. The Morgan fingerprint density at radius 1 is 1.19 bits per heavy atom. The van der Waals surface area contributed by atoms with Crippen LogP contribution in [0.1, 0.15) is 29.0 Å². The number of nitrogens with zero attached hydrogens (tertiary/aromatic N) is 3. The average Bonchev–Trinajstić information content (AvgIpc) is 2.84. The monoisotopic (exact) mass is 281 g/mol. The van der Waals surface area contributed by atoms with Gasteiger partial charge in [0, 0.05) is 24.0 Å². The van der Waals surface area contributed by atoms with Crippen molar-refractivity contribution in [1.82, 2.24) is 4.90 Å². The van der Waals surface area contributed by atoms with Crippen molar-refractivity contribution in [1.29, 1.82) is 10.5 Å². The Balaban J connectivity index is 2.32. The molecule has 0 aliphatic carbocycles. The Morgan fingerprint density at radius 3 is 2.38 bits per heavy atom. The summed E-state index contributed by atoms with van der Waals surface area (Å²) < 4.78 is 5.64. The molecule has 2 rings (SSSR count). The van der Waals surface area contributed by atoms with E-state index >= 15 is 0 Å². The van der Waals surface area contributed by atoms with Crippen LogP contribution in [0.4, 0.5) is 0 Å². The van der Waals surface area contributed by atoms with Crippen LogP contribution >= 0.6 is 0 Å². The summed E-state index contributed by atoms with van der Waals surface area (Å²) in [6, 6.07) is 11.5. The first-order valence-electron chi connectivity index (χ1n) is 6.70. The lowest BCUT2D eigenvalue weighted by molar-refractivity contribution is 0.0732. The second-order valence-corrected chi connectivity index (χ2v) is 4.66. The lowest BCUT2D eigenvalue weighted by Gasteiger charge is -2.19. The minimum Gasteiger partial charge on any atom is -0.451 e. The van der Waals surface area contributed by atoms with Crippen molar-refractivity contribution < 1.29 is 9.21 Å². The number of nitriles is 2. The first kappa shape index (κ1) is 14.6. The highest BCUT2D eigenvalue weighted by Crippen LogP contribution is 2.26. The molecule has 1 aromatic carbocycles. The molecule has 0 aliphatic heterocycles. The molecule has 1 amide bonds. The van der Waals surface area contributed by atoms with E-state index in [9.17, 15) is 4.79 Å². The van der Waals surface area contributed by atoms with Gasteiger partial charge in [-0.3, -0.25) is 4.79 Å². The van der Waals surface area contributed by atoms with E-state index in [2.05, 4.69) is 0 Å². The Hall–Kier alpha value is -2.79. The molecule has 106 valence electrons.